The van der Waals surface area contributed by atoms with Crippen molar-refractivity contribution in [2.24, 2.45) is 0 Å². The highest BCUT2D eigenvalue weighted by Crippen LogP contribution is 2.28. The first-order valence-corrected chi connectivity index (χ1v) is 16.2. The number of nitrogens with zero attached hydrogens (tertiary/aromatic N) is 2. The van der Waals surface area contributed by atoms with E-state index in [0.717, 1.165) is 52.4 Å². The molecular weight excluding hydrogens is 602 g/mol. The first-order valence-electron chi connectivity index (χ1n) is 14.0. The number of anilines is 1. The maximum atomic E-state index is 14.1. The van der Waals surface area contributed by atoms with Crippen LogP contribution in [0.1, 0.15) is 54.9 Å². The molecular formula is C32H38BrN3O4S. The molecule has 1 atom stereocenters. The summed E-state index contributed by atoms with van der Waals surface area (Å²) in [6.07, 6.45) is 3.99. The highest BCUT2D eigenvalue weighted by Gasteiger charge is 2.33. The number of aryl methyl sites for hydroxylation is 3. The summed E-state index contributed by atoms with van der Waals surface area (Å²) in [4.78, 5) is 29.0. The van der Waals surface area contributed by atoms with Crippen molar-refractivity contribution in [3.8, 4) is 0 Å². The van der Waals surface area contributed by atoms with Crippen LogP contribution in [0, 0.1) is 20.8 Å². The highest BCUT2D eigenvalue weighted by molar-refractivity contribution is 9.10. The molecule has 7 nitrogen and oxygen atoms in total. The molecule has 0 saturated heterocycles. The second kappa shape index (κ2) is 13.2. The van der Waals surface area contributed by atoms with Crippen LogP contribution in [0.15, 0.2) is 76.1 Å². The first kappa shape index (κ1) is 30.8. The summed E-state index contributed by atoms with van der Waals surface area (Å²) < 4.78 is 30.2. The average molecular weight is 641 g/mol. The molecule has 3 aromatic carbocycles. The third kappa shape index (κ3) is 7.57. The molecule has 1 aliphatic rings. The predicted octanol–water partition coefficient (Wildman–Crippen LogP) is 6.05. The van der Waals surface area contributed by atoms with Gasteiger partial charge in [-0.05, 0) is 82.0 Å². The van der Waals surface area contributed by atoms with Crippen molar-refractivity contribution >= 4 is 43.5 Å². The van der Waals surface area contributed by atoms with Crippen LogP contribution >= 0.6 is 15.9 Å². The van der Waals surface area contributed by atoms with Gasteiger partial charge in [0.15, 0.2) is 0 Å². The number of hydrogen-bond donors (Lipinski definition) is 1. The fourth-order valence-corrected chi connectivity index (χ4v) is 6.94. The maximum Gasteiger partial charge on any atom is 0.264 e. The van der Waals surface area contributed by atoms with Crippen molar-refractivity contribution in [2.45, 2.75) is 76.9 Å². The quantitative estimate of drug-likeness (QED) is 0.293. The fraction of sp³-hybridized carbons (Fsp3) is 0.375. The van der Waals surface area contributed by atoms with Gasteiger partial charge in [0, 0.05) is 17.1 Å². The Morgan fingerprint density at radius 1 is 0.927 bits per heavy atom. The molecule has 0 aliphatic heterocycles. The van der Waals surface area contributed by atoms with E-state index in [4.69, 9.17) is 0 Å². The molecule has 1 N–H and O–H groups in total. The van der Waals surface area contributed by atoms with Crippen molar-refractivity contribution in [1.82, 2.24) is 10.2 Å². The monoisotopic (exact) mass is 639 g/mol. The summed E-state index contributed by atoms with van der Waals surface area (Å²) in [6.45, 7) is 7.08. The average Bonchev–Trinajstić information content (AvgIpc) is 3.44. The summed E-state index contributed by atoms with van der Waals surface area (Å²) in [5, 5.41) is 3.10. The number of amides is 2. The van der Waals surface area contributed by atoms with E-state index < -0.39 is 28.5 Å². The summed E-state index contributed by atoms with van der Waals surface area (Å²) in [5.74, 6) is -0.695. The lowest BCUT2D eigenvalue weighted by molar-refractivity contribution is -0.139. The van der Waals surface area contributed by atoms with Gasteiger partial charge in [0.1, 0.15) is 12.6 Å². The molecule has 1 fully saturated rings. The Hall–Kier alpha value is -3.17. The predicted molar refractivity (Wildman–Crippen MR) is 166 cm³/mol. The van der Waals surface area contributed by atoms with Crippen LogP contribution in [0.25, 0.3) is 0 Å². The zero-order valence-corrected chi connectivity index (χ0v) is 26.5. The number of sulfonamides is 1. The fourth-order valence-electron chi connectivity index (χ4n) is 5.20. The van der Waals surface area contributed by atoms with Crippen LogP contribution in [0.5, 0.6) is 0 Å². The van der Waals surface area contributed by atoms with Gasteiger partial charge in [-0.25, -0.2) is 8.42 Å². The molecule has 2 amide bonds. The number of carbonyl (C=O) groups excluding carboxylic acids is 2. The number of halogens is 1. The van der Waals surface area contributed by atoms with Crippen LogP contribution in [0.2, 0.25) is 0 Å². The molecule has 0 radical (unpaired) electrons. The van der Waals surface area contributed by atoms with Crippen LogP contribution in [0.3, 0.4) is 0 Å². The van der Waals surface area contributed by atoms with Gasteiger partial charge in [-0.1, -0.05) is 76.3 Å². The minimum atomic E-state index is -4.10. The minimum absolute atomic E-state index is 0.0994. The zero-order chi connectivity index (χ0) is 29.7. The number of benzene rings is 3. The minimum Gasteiger partial charge on any atom is -0.352 e. The number of carbonyl (C=O) groups is 2. The SMILES string of the molecule is Cc1ccc(S(=O)(=O)N(CC(=O)N(Cc2ccc(Br)cc2)[C@H](C)C(=O)NC2CCCC2)c2ccc(C)cc2C)cc1. The van der Waals surface area contributed by atoms with Gasteiger partial charge in [0.05, 0.1) is 10.6 Å². The van der Waals surface area contributed by atoms with E-state index in [1.165, 1.54) is 9.21 Å². The molecule has 9 heteroatoms. The van der Waals surface area contributed by atoms with Crippen LogP contribution in [-0.2, 0) is 26.2 Å². The zero-order valence-electron chi connectivity index (χ0n) is 24.1. The van der Waals surface area contributed by atoms with Gasteiger partial charge in [-0.15, -0.1) is 0 Å². The molecule has 41 heavy (non-hydrogen) atoms. The molecule has 0 heterocycles. The van der Waals surface area contributed by atoms with E-state index in [-0.39, 0.29) is 23.4 Å². The van der Waals surface area contributed by atoms with E-state index in [1.807, 2.05) is 57.2 Å². The summed E-state index contributed by atoms with van der Waals surface area (Å²) in [7, 11) is -4.10. The lowest BCUT2D eigenvalue weighted by atomic mass is 10.1. The second-order valence-electron chi connectivity index (χ2n) is 10.9. The first-order chi connectivity index (χ1) is 19.5. The van der Waals surface area contributed by atoms with Gasteiger partial charge in [-0.2, -0.15) is 0 Å². The topological polar surface area (TPSA) is 86.8 Å². The smallest absolute Gasteiger partial charge is 0.264 e. The van der Waals surface area contributed by atoms with Crippen molar-refractivity contribution in [3.05, 3.63) is 93.5 Å². The molecule has 4 rings (SSSR count). The van der Waals surface area contributed by atoms with Gasteiger partial charge < -0.3 is 10.2 Å². The van der Waals surface area contributed by atoms with Crippen molar-refractivity contribution < 1.29 is 18.0 Å². The Labute approximate surface area is 252 Å². The number of nitrogens with one attached hydrogen (secondary N) is 1. The Kier molecular flexibility index (Phi) is 9.92. The van der Waals surface area contributed by atoms with Crippen molar-refractivity contribution in [3.63, 3.8) is 0 Å². The van der Waals surface area contributed by atoms with E-state index in [2.05, 4.69) is 21.2 Å². The summed E-state index contributed by atoms with van der Waals surface area (Å²) >= 11 is 3.44. The van der Waals surface area contributed by atoms with Gasteiger partial charge in [0.25, 0.3) is 10.0 Å². The summed E-state index contributed by atoms with van der Waals surface area (Å²) in [6, 6.07) is 18.9. The van der Waals surface area contributed by atoms with Crippen molar-refractivity contribution in [2.75, 3.05) is 10.8 Å². The maximum absolute atomic E-state index is 14.1. The molecule has 3 aromatic rings. The lowest BCUT2D eigenvalue weighted by Gasteiger charge is -2.33. The molecule has 0 bridgehead atoms. The Morgan fingerprint density at radius 3 is 2.15 bits per heavy atom. The van der Waals surface area contributed by atoms with E-state index >= 15 is 0 Å². The van der Waals surface area contributed by atoms with Crippen LogP contribution in [0.4, 0.5) is 5.69 Å². The highest BCUT2D eigenvalue weighted by atomic mass is 79.9. The second-order valence-corrected chi connectivity index (χ2v) is 13.7. The standard InChI is InChI=1S/C32H38BrN3O4S/c1-22-9-16-29(17-10-22)41(39,40)36(30-18-11-23(2)19-24(30)3)21-31(37)35(20-26-12-14-27(33)15-13-26)25(4)32(38)34-28-7-5-6-8-28/h9-19,25,28H,5-8,20-21H2,1-4H3,(H,34,38)/t25-/m1/s1. The largest absolute Gasteiger partial charge is 0.352 e. The van der Waals surface area contributed by atoms with E-state index in [0.29, 0.717) is 5.69 Å². The van der Waals surface area contributed by atoms with Crippen LogP contribution < -0.4 is 9.62 Å². The number of rotatable bonds is 10. The van der Waals surface area contributed by atoms with Gasteiger partial charge >= 0.3 is 0 Å². The van der Waals surface area contributed by atoms with Gasteiger partial charge in [0.2, 0.25) is 11.8 Å². The molecule has 0 unspecified atom stereocenters. The Bertz CT molecular complexity index is 1480. The Balaban J connectivity index is 1.70. The molecule has 218 valence electrons. The van der Waals surface area contributed by atoms with Crippen molar-refractivity contribution in [1.29, 1.82) is 0 Å². The van der Waals surface area contributed by atoms with Crippen LogP contribution in [-0.4, -0.2) is 43.8 Å². The third-order valence-electron chi connectivity index (χ3n) is 7.64. The molecule has 0 spiro atoms. The van der Waals surface area contributed by atoms with E-state index in [1.54, 1.807) is 37.3 Å². The van der Waals surface area contributed by atoms with Gasteiger partial charge in [-0.3, -0.25) is 13.9 Å². The summed E-state index contributed by atoms with van der Waals surface area (Å²) in [5.41, 5.74) is 3.91. The molecule has 1 saturated carbocycles. The normalized spacial score (nSPS) is 14.5. The Morgan fingerprint density at radius 2 is 1.54 bits per heavy atom. The number of hydrogen-bond acceptors (Lipinski definition) is 4. The van der Waals surface area contributed by atoms with E-state index in [9.17, 15) is 18.0 Å². The molecule has 1 aliphatic carbocycles. The molecule has 0 aromatic heterocycles. The third-order valence-corrected chi connectivity index (χ3v) is 9.95. The lowest BCUT2D eigenvalue weighted by Crippen LogP contribution is -2.52.